The molecule has 0 unspecified atom stereocenters. The Morgan fingerprint density at radius 2 is 1.88 bits per heavy atom. The number of para-hydroxylation sites is 1. The lowest BCUT2D eigenvalue weighted by Gasteiger charge is -2.29. The van der Waals surface area contributed by atoms with Crippen molar-refractivity contribution < 1.29 is 4.48 Å². The topological polar surface area (TPSA) is 3.24 Å². The predicted molar refractivity (Wildman–Crippen MR) is 67.5 cm³/mol. The van der Waals surface area contributed by atoms with Gasteiger partial charge in [0.05, 0.1) is 33.2 Å². The highest BCUT2D eigenvalue weighted by Crippen LogP contribution is 2.36. The van der Waals surface area contributed by atoms with Crippen molar-refractivity contribution >= 4 is 5.69 Å². The zero-order valence-electron chi connectivity index (χ0n) is 10.3. The minimum atomic E-state index is 0.775. The van der Waals surface area contributed by atoms with Crippen molar-refractivity contribution in [1.29, 1.82) is 0 Å². The molecule has 16 heavy (non-hydrogen) atoms. The Labute approximate surface area is 98.1 Å². The van der Waals surface area contributed by atoms with Gasteiger partial charge in [-0.15, -0.1) is 0 Å². The van der Waals surface area contributed by atoms with E-state index < -0.39 is 0 Å². The minimum absolute atomic E-state index is 0.775. The van der Waals surface area contributed by atoms with Crippen LogP contribution in [0.1, 0.15) is 6.42 Å². The third-order valence-electron chi connectivity index (χ3n) is 4.18. The van der Waals surface area contributed by atoms with E-state index in [-0.39, 0.29) is 0 Å². The van der Waals surface area contributed by atoms with Crippen LogP contribution in [0.2, 0.25) is 0 Å². The number of likely N-dealkylation sites (tertiary alicyclic amines) is 1. The lowest BCUT2D eigenvalue weighted by Crippen LogP contribution is -2.42. The van der Waals surface area contributed by atoms with Gasteiger partial charge in [-0.1, -0.05) is 18.2 Å². The van der Waals surface area contributed by atoms with Crippen LogP contribution >= 0.6 is 0 Å². The van der Waals surface area contributed by atoms with E-state index in [4.69, 9.17) is 0 Å². The Morgan fingerprint density at radius 1 is 1.12 bits per heavy atom. The first-order chi connectivity index (χ1) is 7.66. The largest absolute Gasteiger partial charge is 0.362 e. The van der Waals surface area contributed by atoms with Crippen LogP contribution in [0.3, 0.4) is 0 Å². The third-order valence-corrected chi connectivity index (χ3v) is 4.18. The summed E-state index contributed by atoms with van der Waals surface area (Å²) in [6, 6.07) is 11.7. The maximum atomic E-state index is 2.62. The molecule has 0 saturated carbocycles. The molecule has 2 aliphatic rings. The van der Waals surface area contributed by atoms with E-state index in [9.17, 15) is 0 Å². The number of fused-ring (bicyclic) bond motifs is 1. The molecular formula is C14H21N2+. The first-order valence-corrected chi connectivity index (χ1v) is 6.29. The molecule has 2 fully saturated rings. The van der Waals surface area contributed by atoms with E-state index >= 15 is 0 Å². The summed E-state index contributed by atoms with van der Waals surface area (Å²) < 4.78 is 1.19. The second kappa shape index (κ2) is 3.49. The highest BCUT2D eigenvalue weighted by molar-refractivity contribution is 5.48. The summed E-state index contributed by atoms with van der Waals surface area (Å²) in [7, 11) is 4.73. The van der Waals surface area contributed by atoms with E-state index in [1.165, 1.54) is 36.2 Å². The standard InChI is InChI=1S/C14H21N2/c1-16(2)10-12-8-9-15(14(12)11-16)13-6-4-3-5-7-13/h3-7,12,14H,8-11H2,1-2H3/q+1/t12-,14+/m1/s1. The normalized spacial score (nSPS) is 31.8. The van der Waals surface area contributed by atoms with Crippen molar-refractivity contribution in [1.82, 2.24) is 0 Å². The smallest absolute Gasteiger partial charge is 0.0994 e. The van der Waals surface area contributed by atoms with Crippen LogP contribution in [0.4, 0.5) is 5.69 Å². The molecule has 2 aliphatic heterocycles. The molecule has 0 aromatic heterocycles. The van der Waals surface area contributed by atoms with Crippen molar-refractivity contribution in [2.75, 3.05) is 38.6 Å². The van der Waals surface area contributed by atoms with E-state index in [0.717, 1.165) is 12.0 Å². The quantitative estimate of drug-likeness (QED) is 0.650. The van der Waals surface area contributed by atoms with Crippen molar-refractivity contribution in [3.8, 4) is 0 Å². The first-order valence-electron chi connectivity index (χ1n) is 6.29. The van der Waals surface area contributed by atoms with E-state index in [0.29, 0.717) is 0 Å². The molecule has 1 aromatic rings. The van der Waals surface area contributed by atoms with Crippen LogP contribution in [0.15, 0.2) is 30.3 Å². The SMILES string of the molecule is C[N+]1(C)C[C@H]2CCN(c3ccccc3)[C@H]2C1. The summed E-state index contributed by atoms with van der Waals surface area (Å²) in [6.07, 6.45) is 1.38. The maximum absolute atomic E-state index is 2.62. The number of quaternary nitrogens is 1. The molecule has 0 bridgehead atoms. The van der Waals surface area contributed by atoms with Crippen LogP contribution in [0.25, 0.3) is 0 Å². The molecule has 2 heteroatoms. The number of benzene rings is 1. The fraction of sp³-hybridized carbons (Fsp3) is 0.571. The number of hydrogen-bond acceptors (Lipinski definition) is 1. The van der Waals surface area contributed by atoms with E-state index in [1.54, 1.807) is 0 Å². The summed E-state index contributed by atoms with van der Waals surface area (Å²) in [6.45, 7) is 3.91. The molecule has 0 amide bonds. The Balaban J connectivity index is 1.84. The van der Waals surface area contributed by atoms with Gasteiger partial charge in [0, 0.05) is 18.2 Å². The van der Waals surface area contributed by atoms with Crippen LogP contribution in [0.5, 0.6) is 0 Å². The first kappa shape index (κ1) is 10.2. The summed E-state index contributed by atoms with van der Waals surface area (Å²) in [5.74, 6) is 0.912. The summed E-state index contributed by atoms with van der Waals surface area (Å²) in [5.41, 5.74) is 1.41. The van der Waals surface area contributed by atoms with Gasteiger partial charge < -0.3 is 9.38 Å². The lowest BCUT2D eigenvalue weighted by molar-refractivity contribution is -0.879. The molecule has 2 saturated heterocycles. The Kier molecular flexibility index (Phi) is 2.21. The molecule has 86 valence electrons. The van der Waals surface area contributed by atoms with Gasteiger partial charge in [-0.05, 0) is 18.6 Å². The Morgan fingerprint density at radius 3 is 2.62 bits per heavy atom. The average molecular weight is 217 g/mol. The number of hydrogen-bond donors (Lipinski definition) is 0. The molecular weight excluding hydrogens is 196 g/mol. The van der Waals surface area contributed by atoms with Crippen LogP contribution in [-0.4, -0.2) is 44.3 Å². The molecule has 0 N–H and O–H groups in total. The van der Waals surface area contributed by atoms with Crippen molar-refractivity contribution in [3.63, 3.8) is 0 Å². The lowest BCUT2D eigenvalue weighted by atomic mass is 10.1. The Bertz CT molecular complexity index is 372. The average Bonchev–Trinajstić information content (AvgIpc) is 2.74. The molecule has 2 nitrogen and oxygen atoms in total. The molecule has 3 rings (SSSR count). The van der Waals surface area contributed by atoms with Gasteiger partial charge in [0.1, 0.15) is 0 Å². The zero-order valence-corrected chi connectivity index (χ0v) is 10.3. The van der Waals surface area contributed by atoms with Crippen molar-refractivity contribution in [2.45, 2.75) is 12.5 Å². The second-order valence-electron chi connectivity index (χ2n) is 5.95. The fourth-order valence-electron chi connectivity index (χ4n) is 3.53. The Hall–Kier alpha value is -1.02. The number of rotatable bonds is 1. The summed E-state index contributed by atoms with van der Waals surface area (Å²) in [4.78, 5) is 2.62. The third kappa shape index (κ3) is 1.61. The predicted octanol–water partition coefficient (Wildman–Crippen LogP) is 1.97. The molecule has 0 aliphatic carbocycles. The van der Waals surface area contributed by atoms with Crippen molar-refractivity contribution in [2.24, 2.45) is 5.92 Å². The fourth-order valence-corrected chi connectivity index (χ4v) is 3.53. The molecule has 1 aromatic carbocycles. The molecule has 2 atom stereocenters. The number of nitrogens with zero attached hydrogens (tertiary/aromatic N) is 2. The second-order valence-corrected chi connectivity index (χ2v) is 5.95. The van der Waals surface area contributed by atoms with Gasteiger partial charge >= 0.3 is 0 Å². The van der Waals surface area contributed by atoms with Crippen LogP contribution in [-0.2, 0) is 0 Å². The van der Waals surface area contributed by atoms with E-state index in [1.807, 2.05) is 0 Å². The molecule has 2 heterocycles. The van der Waals surface area contributed by atoms with Gasteiger partial charge in [-0.2, -0.15) is 0 Å². The number of likely N-dealkylation sites (N-methyl/N-ethyl adjacent to an activating group) is 1. The van der Waals surface area contributed by atoms with Gasteiger partial charge in [-0.25, -0.2) is 0 Å². The highest BCUT2D eigenvalue weighted by atomic mass is 15.4. The monoisotopic (exact) mass is 217 g/mol. The number of anilines is 1. The maximum Gasteiger partial charge on any atom is 0.0994 e. The zero-order chi connectivity index (χ0) is 11.2. The molecule has 0 radical (unpaired) electrons. The van der Waals surface area contributed by atoms with Gasteiger partial charge in [0.25, 0.3) is 0 Å². The summed E-state index contributed by atoms with van der Waals surface area (Å²) in [5, 5.41) is 0. The van der Waals surface area contributed by atoms with Gasteiger partial charge in [0.2, 0.25) is 0 Å². The van der Waals surface area contributed by atoms with Gasteiger partial charge in [-0.3, -0.25) is 0 Å². The minimum Gasteiger partial charge on any atom is -0.362 e. The van der Waals surface area contributed by atoms with Crippen molar-refractivity contribution in [3.05, 3.63) is 30.3 Å². The highest BCUT2D eigenvalue weighted by Gasteiger charge is 2.46. The van der Waals surface area contributed by atoms with Gasteiger partial charge in [0.15, 0.2) is 0 Å². The van der Waals surface area contributed by atoms with Crippen LogP contribution < -0.4 is 4.90 Å². The van der Waals surface area contributed by atoms with E-state index in [2.05, 4.69) is 49.3 Å². The summed E-state index contributed by atoms with van der Waals surface area (Å²) >= 11 is 0. The molecule has 0 spiro atoms. The van der Waals surface area contributed by atoms with Crippen LogP contribution in [0, 0.1) is 5.92 Å².